The summed E-state index contributed by atoms with van der Waals surface area (Å²) in [5.74, 6) is 6.02. The number of pyridine rings is 1. The lowest BCUT2D eigenvalue weighted by molar-refractivity contribution is 0.364. The van der Waals surface area contributed by atoms with Crippen molar-refractivity contribution in [2.24, 2.45) is 11.8 Å². The lowest BCUT2D eigenvalue weighted by Crippen LogP contribution is -2.11. The van der Waals surface area contributed by atoms with E-state index in [4.69, 9.17) is 0 Å². The van der Waals surface area contributed by atoms with Crippen LogP contribution in [0, 0.1) is 35.3 Å². The summed E-state index contributed by atoms with van der Waals surface area (Å²) in [5.41, 5.74) is 2.02. The normalized spacial score (nSPS) is 20.0. The molecule has 0 aliphatic heterocycles. The summed E-state index contributed by atoms with van der Waals surface area (Å²) in [5, 5.41) is 0. The first-order valence-electron chi connectivity index (χ1n) is 9.25. The summed E-state index contributed by atoms with van der Waals surface area (Å²) in [6.07, 6.45) is 12.1. The average molecular weight is 351 g/mol. The van der Waals surface area contributed by atoms with Crippen LogP contribution in [0.2, 0.25) is 0 Å². The number of nitrogens with zero attached hydrogens (tertiary/aromatic N) is 1. The van der Waals surface area contributed by atoms with E-state index in [-0.39, 0.29) is 0 Å². The van der Waals surface area contributed by atoms with Gasteiger partial charge in [0.2, 0.25) is 0 Å². The number of allylic oxidation sites excluding steroid dienone is 2. The van der Waals surface area contributed by atoms with Gasteiger partial charge in [0.05, 0.1) is 5.69 Å². The maximum Gasteiger partial charge on any atom is 0.159 e. The van der Waals surface area contributed by atoms with E-state index in [1.54, 1.807) is 12.3 Å². The van der Waals surface area contributed by atoms with E-state index in [9.17, 15) is 8.78 Å². The Hall–Kier alpha value is -2.47. The Kier molecular flexibility index (Phi) is 6.17. The van der Waals surface area contributed by atoms with Crippen LogP contribution >= 0.6 is 0 Å². The zero-order chi connectivity index (χ0) is 18.4. The second kappa shape index (κ2) is 8.76. The molecule has 0 radical (unpaired) electrons. The number of aromatic nitrogens is 1. The zero-order valence-corrected chi connectivity index (χ0v) is 15.0. The van der Waals surface area contributed by atoms with E-state index in [0.717, 1.165) is 37.0 Å². The Morgan fingerprint density at radius 2 is 1.88 bits per heavy atom. The van der Waals surface area contributed by atoms with Crippen LogP contribution in [0.25, 0.3) is 11.3 Å². The summed E-state index contributed by atoms with van der Waals surface area (Å²) in [4.78, 5) is 4.33. The van der Waals surface area contributed by atoms with E-state index in [0.29, 0.717) is 23.1 Å². The van der Waals surface area contributed by atoms with Gasteiger partial charge in [-0.25, -0.2) is 8.78 Å². The highest BCUT2D eigenvalue weighted by atomic mass is 19.2. The number of benzene rings is 1. The minimum atomic E-state index is -0.863. The Bertz CT molecular complexity index is 820. The molecule has 134 valence electrons. The molecule has 0 N–H and O–H groups in total. The van der Waals surface area contributed by atoms with Crippen molar-refractivity contribution in [1.29, 1.82) is 0 Å². The Morgan fingerprint density at radius 3 is 2.54 bits per heavy atom. The lowest BCUT2D eigenvalue weighted by atomic mass is 9.82. The van der Waals surface area contributed by atoms with Gasteiger partial charge in [0.15, 0.2) is 11.6 Å². The molecule has 1 aromatic heterocycles. The van der Waals surface area contributed by atoms with E-state index >= 15 is 0 Å². The molecule has 1 fully saturated rings. The van der Waals surface area contributed by atoms with Crippen LogP contribution in [0.15, 0.2) is 48.7 Å². The molecule has 0 amide bonds. The highest BCUT2D eigenvalue weighted by molar-refractivity contribution is 5.59. The molecule has 1 heterocycles. The largest absolute Gasteiger partial charge is 0.255 e. The molecule has 0 unspecified atom stereocenters. The third kappa shape index (κ3) is 4.79. The quantitative estimate of drug-likeness (QED) is 0.477. The van der Waals surface area contributed by atoms with Crippen molar-refractivity contribution < 1.29 is 8.78 Å². The smallest absolute Gasteiger partial charge is 0.159 e. The average Bonchev–Trinajstić information content (AvgIpc) is 2.68. The number of hydrogen-bond acceptors (Lipinski definition) is 1. The van der Waals surface area contributed by atoms with Crippen molar-refractivity contribution in [1.82, 2.24) is 4.98 Å². The molecular formula is C23H23F2N. The van der Waals surface area contributed by atoms with Gasteiger partial charge < -0.3 is 0 Å². The Labute approximate surface area is 154 Å². The summed E-state index contributed by atoms with van der Waals surface area (Å²) in [6.45, 7) is 2.17. The number of hydrogen-bond donors (Lipinski definition) is 0. The second-order valence-electron chi connectivity index (χ2n) is 6.78. The number of rotatable bonds is 3. The first-order valence-corrected chi connectivity index (χ1v) is 9.25. The van der Waals surface area contributed by atoms with Crippen LogP contribution in [-0.4, -0.2) is 4.98 Å². The molecule has 26 heavy (non-hydrogen) atoms. The molecular weight excluding hydrogens is 328 g/mol. The molecule has 3 heteroatoms. The van der Waals surface area contributed by atoms with Crippen LogP contribution in [0.5, 0.6) is 0 Å². The number of halogens is 2. The summed E-state index contributed by atoms with van der Waals surface area (Å²) >= 11 is 0. The third-order valence-corrected chi connectivity index (χ3v) is 4.82. The van der Waals surface area contributed by atoms with Crippen molar-refractivity contribution >= 4 is 0 Å². The van der Waals surface area contributed by atoms with Crippen molar-refractivity contribution in [3.63, 3.8) is 0 Å². The van der Waals surface area contributed by atoms with Crippen LogP contribution in [-0.2, 0) is 0 Å². The van der Waals surface area contributed by atoms with Crippen LogP contribution < -0.4 is 0 Å². The first-order chi connectivity index (χ1) is 12.7. The van der Waals surface area contributed by atoms with Crippen molar-refractivity contribution in [2.45, 2.75) is 39.0 Å². The minimum absolute atomic E-state index is 0.451. The monoisotopic (exact) mass is 351 g/mol. The lowest BCUT2D eigenvalue weighted by Gasteiger charge is -2.23. The van der Waals surface area contributed by atoms with Crippen molar-refractivity contribution in [2.75, 3.05) is 0 Å². The third-order valence-electron chi connectivity index (χ3n) is 4.82. The Balaban J connectivity index is 1.61. The summed E-state index contributed by atoms with van der Waals surface area (Å²) < 4.78 is 26.4. The maximum atomic E-state index is 13.3. The molecule has 1 saturated carbocycles. The van der Waals surface area contributed by atoms with Gasteiger partial charge in [0.1, 0.15) is 0 Å². The van der Waals surface area contributed by atoms with Crippen LogP contribution in [0.3, 0.4) is 0 Å². The van der Waals surface area contributed by atoms with Gasteiger partial charge in [-0.2, -0.15) is 0 Å². The fraction of sp³-hybridized carbons (Fsp3) is 0.348. The maximum absolute atomic E-state index is 13.3. The molecule has 1 aromatic carbocycles. The highest BCUT2D eigenvalue weighted by Gasteiger charge is 2.17. The van der Waals surface area contributed by atoms with E-state index < -0.39 is 11.6 Å². The van der Waals surface area contributed by atoms with Crippen LogP contribution in [0.4, 0.5) is 8.78 Å². The molecule has 0 atom stereocenters. The second-order valence-corrected chi connectivity index (χ2v) is 6.78. The SMILES string of the molecule is CC/C=C/C1CCC(C#Cc2ccc(-c3ccc(F)c(F)c3)nc2)CC1. The van der Waals surface area contributed by atoms with Gasteiger partial charge in [-0.3, -0.25) is 4.98 Å². The fourth-order valence-corrected chi connectivity index (χ4v) is 3.26. The van der Waals surface area contributed by atoms with Gasteiger partial charge in [-0.15, -0.1) is 0 Å². The van der Waals surface area contributed by atoms with Gasteiger partial charge in [-0.1, -0.05) is 30.9 Å². The molecule has 2 aromatic rings. The fourth-order valence-electron chi connectivity index (χ4n) is 3.26. The van der Waals surface area contributed by atoms with Crippen molar-refractivity contribution in [3.8, 4) is 23.1 Å². The molecule has 3 rings (SSSR count). The topological polar surface area (TPSA) is 12.9 Å². The van der Waals surface area contributed by atoms with E-state index in [2.05, 4.69) is 35.9 Å². The summed E-state index contributed by atoms with van der Waals surface area (Å²) in [6, 6.07) is 7.48. The van der Waals surface area contributed by atoms with Crippen LogP contribution in [0.1, 0.15) is 44.6 Å². The molecule has 0 saturated heterocycles. The van der Waals surface area contributed by atoms with Gasteiger partial charge >= 0.3 is 0 Å². The molecule has 0 spiro atoms. The van der Waals surface area contributed by atoms with E-state index in [1.807, 2.05) is 6.07 Å². The predicted molar refractivity (Wildman–Crippen MR) is 101 cm³/mol. The van der Waals surface area contributed by atoms with Gasteiger partial charge in [0.25, 0.3) is 0 Å². The Morgan fingerprint density at radius 1 is 1.08 bits per heavy atom. The standard InChI is InChI=1S/C23H23F2N/c1-2-3-4-17-5-7-18(8-6-17)9-10-19-11-14-23(26-16-19)20-12-13-21(24)22(25)15-20/h3-4,11-18H,2,5-8H2,1H3/b4-3+. The molecule has 1 aliphatic rings. The predicted octanol–water partition coefficient (Wildman–Crippen LogP) is 6.15. The minimum Gasteiger partial charge on any atom is -0.255 e. The van der Waals surface area contributed by atoms with Crippen molar-refractivity contribution in [3.05, 3.63) is 65.9 Å². The van der Waals surface area contributed by atoms with E-state index in [1.165, 1.54) is 18.9 Å². The summed E-state index contributed by atoms with van der Waals surface area (Å²) in [7, 11) is 0. The molecule has 1 nitrogen and oxygen atoms in total. The van der Waals surface area contributed by atoms with Gasteiger partial charge in [0, 0.05) is 23.2 Å². The first kappa shape index (κ1) is 18.3. The zero-order valence-electron chi connectivity index (χ0n) is 15.0. The molecule has 0 bridgehead atoms. The molecule has 1 aliphatic carbocycles. The highest BCUT2D eigenvalue weighted by Crippen LogP contribution is 2.29. The van der Waals surface area contributed by atoms with Gasteiger partial charge in [-0.05, 0) is 68.4 Å².